The van der Waals surface area contributed by atoms with E-state index < -0.39 is 5.60 Å². The molecule has 0 atom stereocenters. The lowest BCUT2D eigenvalue weighted by molar-refractivity contribution is -0.145. The minimum Gasteiger partial charge on any atom is -0.463 e. The normalized spacial score (nSPS) is 11.5. The van der Waals surface area contributed by atoms with Crippen LogP contribution < -0.4 is 0 Å². The molecule has 8 heteroatoms. The van der Waals surface area contributed by atoms with E-state index >= 15 is 0 Å². The highest BCUT2D eigenvalue weighted by molar-refractivity contribution is 5.69. The van der Waals surface area contributed by atoms with E-state index in [2.05, 4.69) is 6.92 Å². The van der Waals surface area contributed by atoms with E-state index in [1.807, 2.05) is 20.8 Å². The maximum Gasteiger partial charge on any atom is 0.410 e. The molecule has 8 nitrogen and oxygen atoms in total. The Morgan fingerprint density at radius 3 is 1.43 bits per heavy atom. The molecule has 0 unspecified atom stereocenters. The zero-order valence-electron chi connectivity index (χ0n) is 26.8. The Labute approximate surface area is 246 Å². The Morgan fingerprint density at radius 1 is 0.575 bits per heavy atom. The van der Waals surface area contributed by atoms with Crippen molar-refractivity contribution in [3.63, 3.8) is 0 Å². The van der Waals surface area contributed by atoms with Crippen molar-refractivity contribution in [2.24, 2.45) is 0 Å². The van der Waals surface area contributed by atoms with Gasteiger partial charge in [0, 0.05) is 20.0 Å². The average Bonchev–Trinajstić information content (AvgIpc) is 2.90. The molecule has 1 amide bonds. The molecule has 0 bridgehead atoms. The fourth-order valence-electron chi connectivity index (χ4n) is 4.10. The van der Waals surface area contributed by atoms with Gasteiger partial charge in [-0.15, -0.1) is 0 Å². The van der Waals surface area contributed by atoms with Gasteiger partial charge < -0.3 is 28.6 Å². The summed E-state index contributed by atoms with van der Waals surface area (Å²) in [5.41, 5.74) is -0.505. The molecule has 238 valence electrons. The van der Waals surface area contributed by atoms with E-state index in [9.17, 15) is 9.59 Å². The van der Waals surface area contributed by atoms with Crippen LogP contribution in [0.1, 0.15) is 130 Å². The molecule has 0 heterocycles. The summed E-state index contributed by atoms with van der Waals surface area (Å²) in [6, 6.07) is 0. The minimum atomic E-state index is -0.505. The first-order chi connectivity index (χ1) is 19.3. The van der Waals surface area contributed by atoms with Crippen molar-refractivity contribution >= 4 is 12.1 Å². The monoisotopic (exact) mass is 573 g/mol. The molecular weight excluding hydrogens is 510 g/mol. The van der Waals surface area contributed by atoms with E-state index in [0.717, 1.165) is 12.8 Å². The maximum absolute atomic E-state index is 11.8. The highest BCUT2D eigenvalue weighted by Gasteiger charge is 2.19. The van der Waals surface area contributed by atoms with E-state index in [1.165, 1.54) is 88.4 Å². The Balaban J connectivity index is 3.29. The zero-order chi connectivity index (χ0) is 29.7. The van der Waals surface area contributed by atoms with Crippen LogP contribution in [0, 0.1) is 0 Å². The lowest BCUT2D eigenvalue weighted by Crippen LogP contribution is -2.36. The summed E-state index contributed by atoms with van der Waals surface area (Å²) in [6.07, 6.45) is 19.9. The van der Waals surface area contributed by atoms with E-state index in [1.54, 1.807) is 7.05 Å². The van der Waals surface area contributed by atoms with Crippen LogP contribution in [-0.4, -0.2) is 82.4 Å². The lowest BCUT2D eigenvalue weighted by atomic mass is 10.0. The molecule has 0 aromatic carbocycles. The first kappa shape index (κ1) is 38.6. The van der Waals surface area contributed by atoms with Crippen LogP contribution in [0.3, 0.4) is 0 Å². The summed E-state index contributed by atoms with van der Waals surface area (Å²) >= 11 is 0. The standard InChI is InChI=1S/C32H63NO7/c1-6-7-8-9-10-11-12-13-14-15-16-17-18-19-20-21-30(34)39-29-28-38-27-26-37-25-24-36-23-22-33(5)31(35)40-32(2,3)4/h6-29H2,1-5H3. The maximum atomic E-state index is 11.8. The number of carbonyl (C=O) groups excluding carboxylic acids is 2. The van der Waals surface area contributed by atoms with Gasteiger partial charge >= 0.3 is 12.1 Å². The molecule has 0 aromatic heterocycles. The smallest absolute Gasteiger partial charge is 0.410 e. The Bertz CT molecular complexity index is 580. The van der Waals surface area contributed by atoms with Crippen LogP contribution in [0.15, 0.2) is 0 Å². The second-order valence-electron chi connectivity index (χ2n) is 11.7. The van der Waals surface area contributed by atoms with Gasteiger partial charge in [-0.1, -0.05) is 96.8 Å². The predicted octanol–water partition coefficient (Wildman–Crippen LogP) is 7.71. The molecule has 0 aliphatic carbocycles. The van der Waals surface area contributed by atoms with Gasteiger partial charge in [0.2, 0.25) is 0 Å². The Kier molecular flexibility index (Phi) is 26.8. The number of nitrogens with zero attached hydrogens (tertiary/aromatic N) is 1. The van der Waals surface area contributed by atoms with Crippen molar-refractivity contribution in [2.45, 2.75) is 136 Å². The third kappa shape index (κ3) is 29.6. The quantitative estimate of drug-likeness (QED) is 0.0700. The number of ether oxygens (including phenoxy) is 5. The number of likely N-dealkylation sites (N-methyl/N-ethyl adjacent to an activating group) is 1. The molecule has 0 rings (SSSR count). The van der Waals surface area contributed by atoms with Crippen molar-refractivity contribution in [3.8, 4) is 0 Å². The first-order valence-corrected chi connectivity index (χ1v) is 16.1. The van der Waals surface area contributed by atoms with Gasteiger partial charge in [-0.3, -0.25) is 4.79 Å². The average molecular weight is 574 g/mol. The van der Waals surface area contributed by atoms with Crippen LogP contribution in [0.4, 0.5) is 4.79 Å². The van der Waals surface area contributed by atoms with Crippen molar-refractivity contribution in [1.82, 2.24) is 4.90 Å². The predicted molar refractivity (Wildman–Crippen MR) is 162 cm³/mol. The SMILES string of the molecule is CCCCCCCCCCCCCCCCCC(=O)OCCOCCOCCOCCN(C)C(=O)OC(C)(C)C. The third-order valence-corrected chi connectivity index (χ3v) is 6.50. The molecule has 0 radical (unpaired) electrons. The van der Waals surface area contributed by atoms with Gasteiger partial charge in [-0.05, 0) is 27.2 Å². The number of rotatable bonds is 28. The third-order valence-electron chi connectivity index (χ3n) is 6.50. The second kappa shape index (κ2) is 27.8. The summed E-state index contributed by atoms with van der Waals surface area (Å²) in [5, 5.41) is 0. The van der Waals surface area contributed by atoms with Gasteiger partial charge in [-0.25, -0.2) is 4.79 Å². The summed E-state index contributed by atoms with van der Waals surface area (Å²) < 4.78 is 26.9. The van der Waals surface area contributed by atoms with Gasteiger partial charge in [-0.2, -0.15) is 0 Å². The molecular formula is C32H63NO7. The van der Waals surface area contributed by atoms with Crippen molar-refractivity contribution in [2.75, 3.05) is 59.8 Å². The van der Waals surface area contributed by atoms with Crippen LogP contribution in [0.2, 0.25) is 0 Å². The second-order valence-corrected chi connectivity index (χ2v) is 11.7. The molecule has 0 saturated heterocycles. The molecule has 0 fully saturated rings. The first-order valence-electron chi connectivity index (χ1n) is 16.1. The number of unbranched alkanes of at least 4 members (excludes halogenated alkanes) is 14. The van der Waals surface area contributed by atoms with E-state index in [0.29, 0.717) is 52.6 Å². The minimum absolute atomic E-state index is 0.135. The molecule has 0 aliphatic rings. The number of esters is 1. The molecule has 0 aromatic rings. The Morgan fingerprint density at radius 2 is 0.975 bits per heavy atom. The molecule has 0 N–H and O–H groups in total. The lowest BCUT2D eigenvalue weighted by Gasteiger charge is -2.24. The van der Waals surface area contributed by atoms with Gasteiger partial charge in [0.25, 0.3) is 0 Å². The highest BCUT2D eigenvalue weighted by Crippen LogP contribution is 2.14. The van der Waals surface area contributed by atoms with Crippen molar-refractivity contribution in [1.29, 1.82) is 0 Å². The van der Waals surface area contributed by atoms with Crippen molar-refractivity contribution in [3.05, 3.63) is 0 Å². The van der Waals surface area contributed by atoms with Gasteiger partial charge in [0.05, 0.1) is 39.6 Å². The van der Waals surface area contributed by atoms with Crippen molar-refractivity contribution < 1.29 is 33.3 Å². The fraction of sp³-hybridized carbons (Fsp3) is 0.938. The number of hydrogen-bond donors (Lipinski definition) is 0. The molecule has 0 spiro atoms. The molecule has 40 heavy (non-hydrogen) atoms. The topological polar surface area (TPSA) is 83.5 Å². The summed E-state index contributed by atoms with van der Waals surface area (Å²) in [5.74, 6) is -0.135. The highest BCUT2D eigenvalue weighted by atomic mass is 16.6. The zero-order valence-corrected chi connectivity index (χ0v) is 26.8. The van der Waals surface area contributed by atoms with Crippen LogP contribution in [0.5, 0.6) is 0 Å². The number of hydrogen-bond acceptors (Lipinski definition) is 7. The molecule has 0 saturated carbocycles. The summed E-state index contributed by atoms with van der Waals surface area (Å²) in [4.78, 5) is 25.2. The Hall–Kier alpha value is -1.38. The van der Waals surface area contributed by atoms with E-state index in [4.69, 9.17) is 23.7 Å². The number of carbonyl (C=O) groups is 2. The van der Waals surface area contributed by atoms with Crippen LogP contribution in [0.25, 0.3) is 0 Å². The van der Waals surface area contributed by atoms with E-state index in [-0.39, 0.29) is 18.7 Å². The van der Waals surface area contributed by atoms with Crippen LogP contribution >= 0.6 is 0 Å². The fourth-order valence-corrected chi connectivity index (χ4v) is 4.10. The summed E-state index contributed by atoms with van der Waals surface area (Å²) in [6.45, 7) is 11.1. The van der Waals surface area contributed by atoms with Gasteiger partial charge in [0.15, 0.2) is 0 Å². The molecule has 0 aliphatic heterocycles. The van der Waals surface area contributed by atoms with Gasteiger partial charge in [0.1, 0.15) is 12.2 Å². The van der Waals surface area contributed by atoms with Crippen LogP contribution in [-0.2, 0) is 28.5 Å². The number of amides is 1. The largest absolute Gasteiger partial charge is 0.463 e. The summed E-state index contributed by atoms with van der Waals surface area (Å²) in [7, 11) is 1.68.